The quantitative estimate of drug-likeness (QED) is 0.675. The lowest BCUT2D eigenvalue weighted by Gasteiger charge is -2.21. The number of Topliss-reactive ketones (excluding diaryl/α,β-unsaturated/α-hetero) is 1. The summed E-state index contributed by atoms with van der Waals surface area (Å²) < 4.78 is 3.38. The van der Waals surface area contributed by atoms with Gasteiger partial charge < -0.3 is 4.57 Å². The molecule has 2 heterocycles. The zero-order valence-corrected chi connectivity index (χ0v) is 16.1. The number of nitrogens with zero attached hydrogens (tertiary/aromatic N) is 3. The number of halogens is 1. The number of hydrogen-bond acceptors (Lipinski definition) is 3. The minimum absolute atomic E-state index is 0.128. The standard InChI is InChI=1S/C21H22ClN3O2/c1-14-11-20(27)25-12-18(15-7-9-17(22)10-8-15)23-21(25)24(14)13-19(26)16-5-3-2-4-6-16/h7-12,16H,2-6,13H2,1H3. The summed E-state index contributed by atoms with van der Waals surface area (Å²) in [5.74, 6) is 0.872. The van der Waals surface area contributed by atoms with Crippen LogP contribution in [0.3, 0.4) is 0 Å². The Labute approximate surface area is 162 Å². The fourth-order valence-corrected chi connectivity index (χ4v) is 4.00. The molecule has 2 aromatic heterocycles. The maximum atomic E-state index is 12.8. The molecule has 6 heteroatoms. The monoisotopic (exact) mass is 383 g/mol. The summed E-state index contributed by atoms with van der Waals surface area (Å²) in [6.45, 7) is 2.11. The van der Waals surface area contributed by atoms with Crippen molar-refractivity contribution in [3.05, 3.63) is 57.6 Å². The summed E-state index contributed by atoms with van der Waals surface area (Å²) in [5.41, 5.74) is 2.18. The molecule has 140 valence electrons. The Morgan fingerprint density at radius 3 is 2.59 bits per heavy atom. The average Bonchev–Trinajstić information content (AvgIpc) is 3.12. The molecule has 1 aromatic carbocycles. The highest BCUT2D eigenvalue weighted by molar-refractivity contribution is 6.30. The Bertz CT molecular complexity index is 1040. The maximum Gasteiger partial charge on any atom is 0.259 e. The molecule has 0 spiro atoms. The molecule has 0 amide bonds. The van der Waals surface area contributed by atoms with Gasteiger partial charge in [0.15, 0.2) is 5.78 Å². The van der Waals surface area contributed by atoms with E-state index in [0.29, 0.717) is 16.5 Å². The maximum absolute atomic E-state index is 12.8. The molecular formula is C21H22ClN3O2. The highest BCUT2D eigenvalue weighted by atomic mass is 35.5. The third-order valence-corrected chi connectivity index (χ3v) is 5.69. The molecule has 0 atom stereocenters. The third-order valence-electron chi connectivity index (χ3n) is 5.44. The smallest absolute Gasteiger partial charge is 0.259 e. The van der Waals surface area contributed by atoms with Gasteiger partial charge in [-0.1, -0.05) is 43.0 Å². The Kier molecular flexibility index (Phi) is 4.87. The molecule has 0 saturated heterocycles. The first-order chi connectivity index (χ1) is 13.0. The van der Waals surface area contributed by atoms with Crippen LogP contribution in [0.25, 0.3) is 17.0 Å². The van der Waals surface area contributed by atoms with E-state index in [1.807, 2.05) is 23.6 Å². The zero-order chi connectivity index (χ0) is 19.0. The van der Waals surface area contributed by atoms with E-state index < -0.39 is 0 Å². The van der Waals surface area contributed by atoms with E-state index >= 15 is 0 Å². The number of fused-ring (bicyclic) bond motifs is 1. The molecule has 1 aliphatic rings. The molecule has 5 nitrogen and oxygen atoms in total. The van der Waals surface area contributed by atoms with Gasteiger partial charge in [0.25, 0.3) is 5.56 Å². The summed E-state index contributed by atoms with van der Waals surface area (Å²) >= 11 is 5.96. The van der Waals surface area contributed by atoms with Gasteiger partial charge in [0, 0.05) is 34.5 Å². The lowest BCUT2D eigenvalue weighted by molar-refractivity contribution is -0.124. The Balaban J connectivity index is 1.74. The van der Waals surface area contributed by atoms with Crippen LogP contribution in [-0.4, -0.2) is 19.7 Å². The minimum Gasteiger partial charge on any atom is -0.308 e. The van der Waals surface area contributed by atoms with Crippen LogP contribution in [0.4, 0.5) is 0 Å². The normalized spacial score (nSPS) is 15.3. The van der Waals surface area contributed by atoms with Gasteiger partial charge in [-0.3, -0.25) is 14.0 Å². The molecule has 1 fully saturated rings. The first kappa shape index (κ1) is 18.0. The van der Waals surface area contributed by atoms with Crippen LogP contribution >= 0.6 is 11.6 Å². The molecule has 0 aliphatic heterocycles. The predicted octanol–water partition coefficient (Wildman–Crippen LogP) is 4.27. The molecule has 27 heavy (non-hydrogen) atoms. The van der Waals surface area contributed by atoms with E-state index in [1.165, 1.54) is 10.8 Å². The van der Waals surface area contributed by atoms with Crippen molar-refractivity contribution in [2.45, 2.75) is 45.6 Å². The number of aryl methyl sites for hydroxylation is 1. The van der Waals surface area contributed by atoms with Crippen LogP contribution in [0.1, 0.15) is 37.8 Å². The van der Waals surface area contributed by atoms with Crippen LogP contribution < -0.4 is 5.56 Å². The number of ketones is 1. The van der Waals surface area contributed by atoms with Gasteiger partial charge in [0.1, 0.15) is 0 Å². The van der Waals surface area contributed by atoms with Crippen molar-refractivity contribution in [3.63, 3.8) is 0 Å². The fourth-order valence-electron chi connectivity index (χ4n) is 3.87. The van der Waals surface area contributed by atoms with E-state index in [1.54, 1.807) is 24.4 Å². The van der Waals surface area contributed by atoms with Gasteiger partial charge in [0.2, 0.25) is 5.78 Å². The summed E-state index contributed by atoms with van der Waals surface area (Å²) in [6.07, 6.45) is 7.13. The molecule has 3 aromatic rings. The molecule has 1 saturated carbocycles. The van der Waals surface area contributed by atoms with Gasteiger partial charge in [-0.25, -0.2) is 4.98 Å². The number of carbonyl (C=O) groups excluding carboxylic acids is 1. The number of carbonyl (C=O) groups is 1. The molecule has 1 aliphatic carbocycles. The van der Waals surface area contributed by atoms with Crippen molar-refractivity contribution in [2.24, 2.45) is 5.92 Å². The van der Waals surface area contributed by atoms with Gasteiger partial charge in [-0.05, 0) is 31.9 Å². The topological polar surface area (TPSA) is 56.4 Å². The van der Waals surface area contributed by atoms with Crippen LogP contribution in [0.5, 0.6) is 0 Å². The SMILES string of the molecule is Cc1cc(=O)n2cc(-c3ccc(Cl)cc3)nc2n1CC(=O)C1CCCCC1. The molecule has 0 unspecified atom stereocenters. The van der Waals surface area contributed by atoms with E-state index in [0.717, 1.165) is 36.9 Å². The number of hydrogen-bond donors (Lipinski definition) is 0. The largest absolute Gasteiger partial charge is 0.308 e. The number of imidazole rings is 1. The van der Waals surface area contributed by atoms with Crippen LogP contribution in [0.2, 0.25) is 5.02 Å². The van der Waals surface area contributed by atoms with Crippen molar-refractivity contribution < 1.29 is 4.79 Å². The summed E-state index contributed by atoms with van der Waals surface area (Å²) in [4.78, 5) is 29.9. The second-order valence-electron chi connectivity index (χ2n) is 7.31. The van der Waals surface area contributed by atoms with E-state index in [4.69, 9.17) is 11.6 Å². The molecule has 0 N–H and O–H groups in total. The van der Waals surface area contributed by atoms with E-state index in [-0.39, 0.29) is 23.8 Å². The Morgan fingerprint density at radius 1 is 1.19 bits per heavy atom. The van der Waals surface area contributed by atoms with Gasteiger partial charge in [-0.15, -0.1) is 0 Å². The molecule has 4 rings (SSSR count). The fraction of sp³-hybridized carbons (Fsp3) is 0.381. The van der Waals surface area contributed by atoms with Crippen LogP contribution in [0, 0.1) is 12.8 Å². The first-order valence-corrected chi connectivity index (χ1v) is 9.79. The molecular weight excluding hydrogens is 362 g/mol. The molecule has 0 radical (unpaired) electrons. The zero-order valence-electron chi connectivity index (χ0n) is 15.3. The van der Waals surface area contributed by atoms with Crippen LogP contribution in [-0.2, 0) is 11.3 Å². The molecule has 0 bridgehead atoms. The number of aromatic nitrogens is 3. The number of benzene rings is 1. The lowest BCUT2D eigenvalue weighted by atomic mass is 9.86. The third kappa shape index (κ3) is 3.56. The predicted molar refractivity (Wildman–Crippen MR) is 106 cm³/mol. The Hall–Kier alpha value is -2.40. The minimum atomic E-state index is -0.142. The van der Waals surface area contributed by atoms with Crippen molar-refractivity contribution in [2.75, 3.05) is 0 Å². The van der Waals surface area contributed by atoms with Crippen LogP contribution in [0.15, 0.2) is 41.3 Å². The van der Waals surface area contributed by atoms with E-state index in [9.17, 15) is 9.59 Å². The second-order valence-corrected chi connectivity index (χ2v) is 7.75. The Morgan fingerprint density at radius 2 is 1.89 bits per heavy atom. The van der Waals surface area contributed by atoms with Gasteiger partial charge >= 0.3 is 0 Å². The summed E-state index contributed by atoms with van der Waals surface area (Å²) in [7, 11) is 0. The summed E-state index contributed by atoms with van der Waals surface area (Å²) in [5, 5.41) is 0.649. The highest BCUT2D eigenvalue weighted by Crippen LogP contribution is 2.26. The lowest BCUT2D eigenvalue weighted by Crippen LogP contribution is -2.26. The average molecular weight is 384 g/mol. The van der Waals surface area contributed by atoms with Crippen molar-refractivity contribution in [1.82, 2.24) is 14.0 Å². The van der Waals surface area contributed by atoms with Crippen molar-refractivity contribution >= 4 is 23.2 Å². The van der Waals surface area contributed by atoms with E-state index in [2.05, 4.69) is 4.98 Å². The second kappa shape index (κ2) is 7.31. The number of rotatable bonds is 4. The van der Waals surface area contributed by atoms with Gasteiger partial charge in [-0.2, -0.15) is 0 Å². The first-order valence-electron chi connectivity index (χ1n) is 9.41. The highest BCUT2D eigenvalue weighted by Gasteiger charge is 2.22. The van der Waals surface area contributed by atoms with Crippen molar-refractivity contribution in [1.29, 1.82) is 0 Å². The van der Waals surface area contributed by atoms with Gasteiger partial charge in [0.05, 0.1) is 12.2 Å². The van der Waals surface area contributed by atoms with Crippen molar-refractivity contribution in [3.8, 4) is 11.3 Å². The summed E-state index contributed by atoms with van der Waals surface area (Å²) in [6, 6.07) is 8.90.